The molecule has 0 aliphatic carbocycles. The minimum Gasteiger partial charge on any atom is -0.313 e. The number of nitrogens with one attached hydrogen (secondary N) is 1. The van der Waals surface area contributed by atoms with E-state index in [9.17, 15) is 0 Å². The molecule has 1 aromatic rings. The Morgan fingerprint density at radius 1 is 1.19 bits per heavy atom. The Hall–Kier alpha value is -0.470. The van der Waals surface area contributed by atoms with Gasteiger partial charge in [-0.05, 0) is 43.3 Å². The summed E-state index contributed by atoms with van der Waals surface area (Å²) in [5.74, 6) is 1.24. The van der Waals surface area contributed by atoms with Crippen LogP contribution in [0.1, 0.15) is 44.7 Å². The molecule has 1 aromatic carbocycles. The number of benzene rings is 1. The van der Waals surface area contributed by atoms with Crippen molar-refractivity contribution in [2.24, 2.45) is 0 Å². The average molecular weight is 237 g/mol. The zero-order chi connectivity index (χ0) is 11.8. The van der Waals surface area contributed by atoms with Crippen LogP contribution in [0.25, 0.3) is 0 Å². The van der Waals surface area contributed by atoms with Crippen LogP contribution in [0.4, 0.5) is 0 Å². The molecule has 0 aliphatic rings. The van der Waals surface area contributed by atoms with E-state index in [4.69, 9.17) is 0 Å². The topological polar surface area (TPSA) is 12.0 Å². The molecule has 1 nitrogen and oxygen atoms in total. The van der Waals surface area contributed by atoms with Gasteiger partial charge in [-0.25, -0.2) is 0 Å². The van der Waals surface area contributed by atoms with E-state index in [0.717, 1.165) is 6.42 Å². The first-order valence-corrected chi connectivity index (χ1v) is 7.20. The Kier molecular flexibility index (Phi) is 6.58. The van der Waals surface area contributed by atoms with Gasteiger partial charge in [-0.2, -0.15) is 0 Å². The van der Waals surface area contributed by atoms with Crippen LogP contribution >= 0.6 is 11.8 Å². The second-order valence-electron chi connectivity index (χ2n) is 4.02. The summed E-state index contributed by atoms with van der Waals surface area (Å²) < 4.78 is 0. The lowest BCUT2D eigenvalue weighted by Gasteiger charge is -2.14. The van der Waals surface area contributed by atoms with E-state index < -0.39 is 0 Å². The Balaban J connectivity index is 2.53. The monoisotopic (exact) mass is 237 g/mol. The van der Waals surface area contributed by atoms with Crippen molar-refractivity contribution in [1.82, 2.24) is 5.32 Å². The van der Waals surface area contributed by atoms with Gasteiger partial charge in [-0.1, -0.05) is 32.4 Å². The third kappa shape index (κ3) is 4.18. The van der Waals surface area contributed by atoms with Crippen molar-refractivity contribution in [3.05, 3.63) is 29.8 Å². The number of rotatable bonds is 7. The van der Waals surface area contributed by atoms with Crippen molar-refractivity contribution in [2.75, 3.05) is 12.8 Å². The second-order valence-corrected chi connectivity index (χ2v) is 5.19. The normalized spacial score (nSPS) is 12.7. The highest BCUT2D eigenvalue weighted by Crippen LogP contribution is 2.23. The zero-order valence-corrected chi connectivity index (χ0v) is 11.4. The second kappa shape index (κ2) is 7.75. The SMILES string of the molecule is CCCCSc1ccc(C(CC)NC)cc1. The molecule has 0 saturated heterocycles. The van der Waals surface area contributed by atoms with E-state index >= 15 is 0 Å². The lowest BCUT2D eigenvalue weighted by Crippen LogP contribution is -2.14. The minimum absolute atomic E-state index is 0.495. The Morgan fingerprint density at radius 3 is 2.38 bits per heavy atom. The van der Waals surface area contributed by atoms with Crippen molar-refractivity contribution in [1.29, 1.82) is 0 Å². The van der Waals surface area contributed by atoms with Crippen molar-refractivity contribution in [2.45, 2.75) is 44.0 Å². The van der Waals surface area contributed by atoms with Gasteiger partial charge in [0.05, 0.1) is 0 Å². The molecule has 0 heterocycles. The summed E-state index contributed by atoms with van der Waals surface area (Å²) in [6.07, 6.45) is 3.72. The zero-order valence-electron chi connectivity index (χ0n) is 10.6. The summed E-state index contributed by atoms with van der Waals surface area (Å²) in [5, 5.41) is 3.33. The highest BCUT2D eigenvalue weighted by molar-refractivity contribution is 7.99. The molecule has 16 heavy (non-hydrogen) atoms. The predicted molar refractivity (Wildman–Crippen MR) is 74.2 cm³/mol. The lowest BCUT2D eigenvalue weighted by molar-refractivity contribution is 0.576. The smallest absolute Gasteiger partial charge is 0.0314 e. The van der Waals surface area contributed by atoms with Gasteiger partial charge >= 0.3 is 0 Å². The number of hydrogen-bond acceptors (Lipinski definition) is 2. The minimum atomic E-state index is 0.495. The van der Waals surface area contributed by atoms with Gasteiger partial charge in [0.15, 0.2) is 0 Å². The molecule has 90 valence electrons. The fraction of sp³-hybridized carbons (Fsp3) is 0.571. The van der Waals surface area contributed by atoms with E-state index in [1.54, 1.807) is 0 Å². The summed E-state index contributed by atoms with van der Waals surface area (Å²) in [5.41, 5.74) is 1.39. The maximum absolute atomic E-state index is 3.33. The van der Waals surface area contributed by atoms with Gasteiger partial charge in [0, 0.05) is 10.9 Å². The lowest BCUT2D eigenvalue weighted by atomic mass is 10.1. The van der Waals surface area contributed by atoms with Crippen LogP contribution in [-0.2, 0) is 0 Å². The molecular weight excluding hydrogens is 214 g/mol. The molecule has 1 N–H and O–H groups in total. The van der Waals surface area contributed by atoms with Crippen LogP contribution in [0, 0.1) is 0 Å². The standard InChI is InChI=1S/C14H23NS/c1-4-6-11-16-13-9-7-12(8-10-13)14(5-2)15-3/h7-10,14-15H,4-6,11H2,1-3H3. The molecule has 0 bridgehead atoms. The maximum atomic E-state index is 3.33. The van der Waals surface area contributed by atoms with Gasteiger partial charge in [0.2, 0.25) is 0 Å². The Labute approximate surface area is 104 Å². The summed E-state index contributed by atoms with van der Waals surface area (Å²) >= 11 is 1.96. The molecule has 0 radical (unpaired) electrons. The summed E-state index contributed by atoms with van der Waals surface area (Å²) in [6, 6.07) is 9.48. The van der Waals surface area contributed by atoms with Crippen LogP contribution in [0.15, 0.2) is 29.2 Å². The average Bonchev–Trinajstić information content (AvgIpc) is 2.33. The molecule has 0 aliphatic heterocycles. The van der Waals surface area contributed by atoms with Crippen molar-refractivity contribution in [3.8, 4) is 0 Å². The van der Waals surface area contributed by atoms with Gasteiger partial charge < -0.3 is 5.32 Å². The van der Waals surface area contributed by atoms with Crippen molar-refractivity contribution in [3.63, 3.8) is 0 Å². The fourth-order valence-corrected chi connectivity index (χ4v) is 2.73. The quantitative estimate of drug-likeness (QED) is 0.562. The fourth-order valence-electron chi connectivity index (χ4n) is 1.74. The molecule has 1 unspecified atom stereocenters. The van der Waals surface area contributed by atoms with Crippen LogP contribution in [0.3, 0.4) is 0 Å². The van der Waals surface area contributed by atoms with Gasteiger partial charge in [0.25, 0.3) is 0 Å². The highest BCUT2D eigenvalue weighted by atomic mass is 32.2. The largest absolute Gasteiger partial charge is 0.313 e. The summed E-state index contributed by atoms with van der Waals surface area (Å²) in [6.45, 7) is 4.45. The third-order valence-electron chi connectivity index (χ3n) is 2.81. The maximum Gasteiger partial charge on any atom is 0.0314 e. The first kappa shape index (κ1) is 13.6. The molecule has 0 saturated carbocycles. The Bertz CT molecular complexity index is 277. The molecule has 0 spiro atoms. The van der Waals surface area contributed by atoms with Crippen LogP contribution in [-0.4, -0.2) is 12.8 Å². The van der Waals surface area contributed by atoms with Crippen LogP contribution < -0.4 is 5.32 Å². The van der Waals surface area contributed by atoms with E-state index in [0.29, 0.717) is 6.04 Å². The van der Waals surface area contributed by atoms with Gasteiger partial charge in [0.1, 0.15) is 0 Å². The number of hydrogen-bond donors (Lipinski definition) is 1. The predicted octanol–water partition coefficient (Wildman–Crippen LogP) is 4.25. The van der Waals surface area contributed by atoms with Gasteiger partial charge in [-0.3, -0.25) is 0 Å². The molecule has 1 atom stereocenters. The summed E-state index contributed by atoms with van der Waals surface area (Å²) in [7, 11) is 2.03. The molecule has 0 aromatic heterocycles. The van der Waals surface area contributed by atoms with E-state index in [1.807, 2.05) is 18.8 Å². The van der Waals surface area contributed by atoms with Gasteiger partial charge in [-0.15, -0.1) is 11.8 Å². The highest BCUT2D eigenvalue weighted by Gasteiger charge is 2.05. The molecule has 0 amide bonds. The molecule has 2 heteroatoms. The van der Waals surface area contributed by atoms with Crippen LogP contribution in [0.2, 0.25) is 0 Å². The van der Waals surface area contributed by atoms with E-state index in [1.165, 1.54) is 29.1 Å². The number of unbranched alkanes of at least 4 members (excludes halogenated alkanes) is 1. The van der Waals surface area contributed by atoms with E-state index in [-0.39, 0.29) is 0 Å². The molecular formula is C14H23NS. The molecule has 1 rings (SSSR count). The third-order valence-corrected chi connectivity index (χ3v) is 3.90. The Morgan fingerprint density at radius 2 is 1.88 bits per heavy atom. The molecule has 0 fully saturated rings. The van der Waals surface area contributed by atoms with E-state index in [2.05, 4.69) is 43.4 Å². The first-order chi connectivity index (χ1) is 7.81. The number of thioether (sulfide) groups is 1. The van der Waals surface area contributed by atoms with Crippen molar-refractivity contribution < 1.29 is 0 Å². The van der Waals surface area contributed by atoms with Crippen LogP contribution in [0.5, 0.6) is 0 Å². The van der Waals surface area contributed by atoms with Crippen molar-refractivity contribution >= 4 is 11.8 Å². The first-order valence-electron chi connectivity index (χ1n) is 6.21. The summed E-state index contributed by atoms with van der Waals surface area (Å²) in [4.78, 5) is 1.39.